The molecule has 6 aromatic rings. The molecular weight excluding hydrogens is 975 g/mol. The van der Waals surface area contributed by atoms with Gasteiger partial charge in [0.1, 0.15) is 58.5 Å². The Hall–Kier alpha value is -7.49. The van der Waals surface area contributed by atoms with Crippen molar-refractivity contribution < 1.29 is 45.7 Å². The molecule has 21 heteroatoms. The van der Waals surface area contributed by atoms with Gasteiger partial charge in [0.05, 0.1) is 42.2 Å². The van der Waals surface area contributed by atoms with E-state index in [1.54, 1.807) is 0 Å². The molecule has 0 spiro atoms. The Morgan fingerprint density at radius 1 is 0.662 bits per heavy atom. The van der Waals surface area contributed by atoms with Gasteiger partial charge in [-0.25, -0.2) is 32.2 Å². The number of likely N-dealkylation sites (tertiary alicyclic amines) is 2. The SMILES string of the molecule is C.CCN1CCCC(Oc2ccc(N)cc2)C1.CCN1CCCC(Oc2ccc(Nc3ncc(C(=O)c4cc(F)ccc4OC)c(N)n3)cc2)C1.CCS(=O)(=O)c1ncc(C(=O)c2cc(F)ccc2OC)c(N)n1. The van der Waals surface area contributed by atoms with Crippen molar-refractivity contribution >= 4 is 50.4 Å². The van der Waals surface area contributed by atoms with Gasteiger partial charge in [-0.15, -0.1) is 0 Å². The molecule has 0 amide bonds. The summed E-state index contributed by atoms with van der Waals surface area (Å²) < 4.78 is 72.7. The number of aromatic nitrogens is 4. The van der Waals surface area contributed by atoms with Crippen LogP contribution in [0.3, 0.4) is 0 Å². The molecule has 2 fully saturated rings. The van der Waals surface area contributed by atoms with Crippen molar-refractivity contribution in [3.05, 3.63) is 131 Å². The lowest BCUT2D eigenvalue weighted by molar-refractivity contribution is 0.0919. The van der Waals surface area contributed by atoms with Gasteiger partial charge in [0.15, 0.2) is 0 Å². The normalized spacial score (nSPS) is 15.7. The van der Waals surface area contributed by atoms with Crippen LogP contribution in [-0.2, 0) is 9.84 Å². The van der Waals surface area contributed by atoms with Crippen LogP contribution >= 0.6 is 0 Å². The second-order valence-electron chi connectivity index (χ2n) is 17.0. The molecule has 4 aromatic carbocycles. The number of nitrogens with two attached hydrogens (primary N) is 3. The number of nitrogens with one attached hydrogen (secondary N) is 1. The van der Waals surface area contributed by atoms with Crippen molar-refractivity contribution in [3.8, 4) is 23.0 Å². The number of carbonyl (C=O) groups excluding carboxylic acids is 2. The first-order valence-corrected chi connectivity index (χ1v) is 25.4. The monoisotopic (exact) mass is 1040 g/mol. The topological polar surface area (TPSA) is 253 Å². The summed E-state index contributed by atoms with van der Waals surface area (Å²) in [6.45, 7) is 12.3. The van der Waals surface area contributed by atoms with E-state index in [9.17, 15) is 26.8 Å². The van der Waals surface area contributed by atoms with Gasteiger partial charge < -0.3 is 41.5 Å². The predicted molar refractivity (Wildman–Crippen MR) is 282 cm³/mol. The Morgan fingerprint density at radius 3 is 1.55 bits per heavy atom. The van der Waals surface area contributed by atoms with E-state index < -0.39 is 38.2 Å². The molecule has 396 valence electrons. The van der Waals surface area contributed by atoms with Crippen molar-refractivity contribution in [2.45, 2.75) is 71.2 Å². The number of sulfone groups is 1. The van der Waals surface area contributed by atoms with Gasteiger partial charge in [-0.3, -0.25) is 19.4 Å². The molecule has 2 unspecified atom stereocenters. The third kappa shape index (κ3) is 15.5. The number of nitrogens with zero attached hydrogens (tertiary/aromatic N) is 6. The molecule has 2 aliphatic rings. The fourth-order valence-electron chi connectivity index (χ4n) is 7.94. The summed E-state index contributed by atoms with van der Waals surface area (Å²) in [7, 11) is -0.906. The highest BCUT2D eigenvalue weighted by atomic mass is 32.2. The Labute approximate surface area is 431 Å². The Balaban J connectivity index is 0.000000220. The van der Waals surface area contributed by atoms with E-state index in [0.29, 0.717) is 6.10 Å². The van der Waals surface area contributed by atoms with Gasteiger partial charge in [0.25, 0.3) is 0 Å². The smallest absolute Gasteiger partial charge is 0.249 e. The maximum atomic E-state index is 13.7. The lowest BCUT2D eigenvalue weighted by Gasteiger charge is -2.32. The van der Waals surface area contributed by atoms with Gasteiger partial charge in [-0.1, -0.05) is 28.2 Å². The highest BCUT2D eigenvalue weighted by Gasteiger charge is 2.25. The van der Waals surface area contributed by atoms with Crippen LogP contribution < -0.4 is 41.5 Å². The maximum Gasteiger partial charge on any atom is 0.249 e. The van der Waals surface area contributed by atoms with Crippen molar-refractivity contribution in [3.63, 3.8) is 0 Å². The van der Waals surface area contributed by atoms with Crippen LogP contribution in [0, 0.1) is 11.6 Å². The molecule has 2 atom stereocenters. The number of nitrogen functional groups attached to an aromatic ring is 3. The van der Waals surface area contributed by atoms with Crippen molar-refractivity contribution in [2.75, 3.05) is 81.8 Å². The summed E-state index contributed by atoms with van der Waals surface area (Å²) in [6, 6.07) is 22.3. The number of hydrogen-bond donors (Lipinski definition) is 4. The van der Waals surface area contributed by atoms with E-state index >= 15 is 0 Å². The number of hydrogen-bond acceptors (Lipinski definition) is 18. The van der Waals surface area contributed by atoms with Crippen LogP contribution in [0.25, 0.3) is 0 Å². The quantitative estimate of drug-likeness (QED) is 0.0406. The summed E-state index contributed by atoms with van der Waals surface area (Å²) in [6.07, 6.45) is 7.43. The number of ether oxygens (including phenoxy) is 4. The number of halogens is 2. The van der Waals surface area contributed by atoms with E-state index in [2.05, 4.69) is 48.9 Å². The minimum Gasteiger partial charge on any atom is -0.496 e. The number of rotatable bonds is 16. The highest BCUT2D eigenvalue weighted by molar-refractivity contribution is 7.91. The lowest BCUT2D eigenvalue weighted by atomic mass is 10.0. The van der Waals surface area contributed by atoms with Gasteiger partial charge in [0, 0.05) is 36.9 Å². The lowest BCUT2D eigenvalue weighted by Crippen LogP contribution is -2.40. The largest absolute Gasteiger partial charge is 0.496 e. The summed E-state index contributed by atoms with van der Waals surface area (Å²) in [5, 5.41) is 2.61. The van der Waals surface area contributed by atoms with Crippen LogP contribution in [0.2, 0.25) is 0 Å². The number of benzene rings is 4. The number of likely N-dealkylation sites (N-methyl/N-ethyl adjacent to an activating group) is 2. The molecule has 74 heavy (non-hydrogen) atoms. The maximum absolute atomic E-state index is 13.7. The molecule has 0 aliphatic carbocycles. The number of carbonyl (C=O) groups is 2. The summed E-state index contributed by atoms with van der Waals surface area (Å²) in [4.78, 5) is 45.9. The van der Waals surface area contributed by atoms with Gasteiger partial charge in [-0.2, -0.15) is 4.98 Å². The standard InChI is InChI=1S/C25H28FN5O3.C14H14FN3O4S.C13H20N2O.CH4/c1-3-31-12-4-5-19(15-31)34-18-9-7-17(8-10-18)29-25-28-14-21(24(27)30-25)23(32)20-13-16(26)6-11-22(20)33-2;1-3-23(20,21)14-17-7-10(13(16)18-14)12(19)9-6-8(15)4-5-11(9)22-2;1-2-15-9-3-4-13(10-15)16-12-7-5-11(14)6-8-12;/h6-11,13-14,19H,3-5,12,15H2,1-2H3,(H3,27,28,29,30);4-7H,3H2,1-2H3,(H2,16,17,18);5-8,13H,2-4,9-10,14H2,1H3;1H4. The molecule has 8 rings (SSSR count). The first kappa shape index (κ1) is 57.4. The average Bonchev–Trinajstić information content (AvgIpc) is 3.40. The average molecular weight is 1040 g/mol. The minimum atomic E-state index is -3.65. The molecule has 4 heterocycles. The van der Waals surface area contributed by atoms with Crippen LogP contribution in [0.15, 0.2) is 102 Å². The van der Waals surface area contributed by atoms with Gasteiger partial charge in [0.2, 0.25) is 32.5 Å². The molecule has 0 bridgehead atoms. The predicted octanol–water partition coefficient (Wildman–Crippen LogP) is 8.04. The number of anilines is 5. The van der Waals surface area contributed by atoms with E-state index in [1.807, 2.05) is 48.5 Å². The van der Waals surface area contributed by atoms with Gasteiger partial charge >= 0.3 is 0 Å². The zero-order valence-electron chi connectivity index (χ0n) is 41.5. The third-order valence-electron chi connectivity index (χ3n) is 12.0. The first-order valence-electron chi connectivity index (χ1n) is 23.8. The molecule has 0 radical (unpaired) electrons. The van der Waals surface area contributed by atoms with Crippen molar-refractivity contribution in [2.24, 2.45) is 0 Å². The molecular formula is C53H66F2N10O8S. The van der Waals surface area contributed by atoms with Gasteiger partial charge in [-0.05, 0) is 137 Å². The summed E-state index contributed by atoms with van der Waals surface area (Å²) >= 11 is 0. The van der Waals surface area contributed by atoms with Crippen molar-refractivity contribution in [1.82, 2.24) is 29.7 Å². The summed E-state index contributed by atoms with van der Waals surface area (Å²) in [5.74, 6) is -0.528. The second kappa shape index (κ2) is 27.0. The zero-order valence-corrected chi connectivity index (χ0v) is 42.3. The number of piperidine rings is 2. The molecule has 2 aliphatic heterocycles. The fraction of sp³-hybridized carbons (Fsp3) is 0.358. The molecule has 7 N–H and O–H groups in total. The molecule has 2 saturated heterocycles. The molecule has 0 saturated carbocycles. The fourth-order valence-corrected chi connectivity index (χ4v) is 8.65. The number of ketones is 2. The molecule has 18 nitrogen and oxygen atoms in total. The Morgan fingerprint density at radius 2 is 1.12 bits per heavy atom. The van der Waals surface area contributed by atoms with Crippen LogP contribution in [0.1, 0.15) is 85.7 Å². The van der Waals surface area contributed by atoms with E-state index in [0.717, 1.165) is 99.3 Å². The second-order valence-corrected chi connectivity index (χ2v) is 19.1. The third-order valence-corrected chi connectivity index (χ3v) is 13.5. The Kier molecular flexibility index (Phi) is 20.9. The first-order chi connectivity index (χ1) is 35.0. The zero-order chi connectivity index (χ0) is 52.7. The highest BCUT2D eigenvalue weighted by Crippen LogP contribution is 2.28. The van der Waals surface area contributed by atoms with E-state index in [1.165, 1.54) is 58.5 Å². The van der Waals surface area contributed by atoms with E-state index in [-0.39, 0.29) is 70.6 Å². The summed E-state index contributed by atoms with van der Waals surface area (Å²) in [5.41, 5.74) is 18.8. The van der Waals surface area contributed by atoms with E-state index in [4.69, 9.17) is 36.1 Å². The van der Waals surface area contributed by atoms with Crippen LogP contribution in [-0.4, -0.2) is 121 Å². The van der Waals surface area contributed by atoms with Crippen LogP contribution in [0.5, 0.6) is 23.0 Å². The Bertz CT molecular complexity index is 2940. The van der Waals surface area contributed by atoms with Crippen LogP contribution in [0.4, 0.5) is 37.7 Å². The molecule has 2 aromatic heterocycles. The van der Waals surface area contributed by atoms with Crippen molar-refractivity contribution in [1.29, 1.82) is 0 Å². The number of methoxy groups -OCH3 is 2. The minimum absolute atomic E-state index is 0.